The molecular formula is C38H26F20N2Zr. The number of hydrogen-bond acceptors (Lipinski definition) is 2. The summed E-state index contributed by atoms with van der Waals surface area (Å²) in [5.41, 5.74) is -4.70. The molecule has 0 radical (unpaired) electrons. The van der Waals surface area contributed by atoms with E-state index in [9.17, 15) is 17.6 Å². The van der Waals surface area contributed by atoms with Crippen LogP contribution in [0.15, 0.2) is 121 Å². The molecule has 332 valence electrons. The monoisotopic (exact) mass is 980 g/mol. The molecule has 4 unspecified atom stereocenters. The molecule has 61 heavy (non-hydrogen) atoms. The van der Waals surface area contributed by atoms with Gasteiger partial charge in [0.15, 0.2) is 0 Å². The van der Waals surface area contributed by atoms with E-state index in [0.29, 0.717) is 24.3 Å². The predicted molar refractivity (Wildman–Crippen MR) is 175 cm³/mol. The number of benzene rings is 4. The number of alkyl halides is 20. The molecule has 2 saturated carbocycles. The van der Waals surface area contributed by atoms with Crippen molar-refractivity contribution in [1.29, 1.82) is 0 Å². The fraction of sp³-hybridized carbons (Fsp3) is 0.368. The third kappa shape index (κ3) is 5.92. The first kappa shape index (κ1) is 46.5. The number of para-hydroxylation sites is 2. The Morgan fingerprint density at radius 1 is 0.344 bits per heavy atom. The van der Waals surface area contributed by atoms with Crippen LogP contribution in [0.25, 0.3) is 0 Å². The normalized spacial score (nSPS) is 29.0. The van der Waals surface area contributed by atoms with Crippen molar-refractivity contribution < 1.29 is 109 Å². The molecule has 0 spiro atoms. The van der Waals surface area contributed by atoms with E-state index >= 15 is 70.2 Å². The van der Waals surface area contributed by atoms with E-state index in [-0.39, 0.29) is 24.3 Å². The third-order valence-corrected chi connectivity index (χ3v) is 22.5. The molecule has 0 bridgehead atoms. The fourth-order valence-corrected chi connectivity index (χ4v) is 21.9. The Balaban J connectivity index is 1.94. The van der Waals surface area contributed by atoms with Crippen molar-refractivity contribution in [3.05, 3.63) is 132 Å². The molecule has 4 aromatic carbocycles. The standard InChI is InChI=1S/2C12H6F10N.2C7H7.Zr/c2*13-7-8(14,15)10(17,18)12(21,22)11(19,20)9(7,16)23-6-4-2-1-3-5-6;2*1-7-5-3-2-4-6-7;/h2*1-5,7H;2*2-6H,1H2;/q2*-1;;;+2. The van der Waals surface area contributed by atoms with E-state index < -0.39 is 129 Å². The fourth-order valence-electron chi connectivity index (χ4n) is 7.82. The second-order valence-corrected chi connectivity index (χ2v) is 23.2. The van der Waals surface area contributed by atoms with Gasteiger partial charge in [-0.25, -0.2) is 0 Å². The number of hydrogen-bond donors (Lipinski definition) is 0. The Bertz CT molecular complexity index is 2030. The van der Waals surface area contributed by atoms with Gasteiger partial charge in [0.2, 0.25) is 0 Å². The van der Waals surface area contributed by atoms with E-state index in [1.54, 1.807) is 0 Å². The summed E-state index contributed by atoms with van der Waals surface area (Å²) in [5.74, 6) is -73.8. The molecular weight excluding hydrogens is 956 g/mol. The zero-order chi connectivity index (χ0) is 45.7. The summed E-state index contributed by atoms with van der Waals surface area (Å²) in [7, 11) is 0. The topological polar surface area (TPSA) is 6.48 Å². The average molecular weight is 982 g/mol. The summed E-state index contributed by atoms with van der Waals surface area (Å²) in [6.45, 7) is 0. The number of halogens is 20. The van der Waals surface area contributed by atoms with Crippen molar-refractivity contribution >= 4 is 11.4 Å². The maximum absolute atomic E-state index is 18.3. The van der Waals surface area contributed by atoms with Gasteiger partial charge in [0.25, 0.3) is 0 Å². The zero-order valence-corrected chi connectivity index (χ0v) is 32.5. The van der Waals surface area contributed by atoms with Gasteiger partial charge < -0.3 is 0 Å². The molecule has 0 saturated heterocycles. The summed E-state index contributed by atoms with van der Waals surface area (Å²) in [4.78, 5) is 0. The zero-order valence-electron chi connectivity index (χ0n) is 30.1. The second-order valence-electron chi connectivity index (χ2n) is 14.4. The average Bonchev–Trinajstić information content (AvgIpc) is 3.20. The van der Waals surface area contributed by atoms with Gasteiger partial charge in [-0.1, -0.05) is 0 Å². The van der Waals surface area contributed by atoms with Crippen LogP contribution in [-0.2, 0) is 29.1 Å². The number of nitrogens with zero attached hydrogens (tertiary/aromatic N) is 2. The summed E-state index contributed by atoms with van der Waals surface area (Å²) in [5, 5.41) is 0. The second kappa shape index (κ2) is 14.5. The molecule has 2 aliphatic carbocycles. The van der Waals surface area contributed by atoms with Crippen LogP contribution in [0, 0.1) is 0 Å². The summed E-state index contributed by atoms with van der Waals surface area (Å²) in [6.07, 6.45) is -11.9. The summed E-state index contributed by atoms with van der Waals surface area (Å²) >= 11 is -8.63. The van der Waals surface area contributed by atoms with Crippen LogP contribution in [0.4, 0.5) is 99.2 Å². The Morgan fingerprint density at radius 2 is 0.590 bits per heavy atom. The van der Waals surface area contributed by atoms with Crippen molar-refractivity contribution in [2.24, 2.45) is 0 Å². The SMILES string of the molecule is FC1C(F)(F)C(F)(F)C(F)(F)C(F)(F)C1(F)[N](c1ccccc1)[Zr]([CH2]c1ccccc1)([CH2]c1ccccc1)[N](c1ccccc1)C1(F)C(F)C(F)(F)C(F)(F)C(F)(F)C1(F)F. The Hall–Kier alpha value is -4.04. The molecule has 2 nitrogen and oxygen atoms in total. The Labute approximate surface area is 336 Å². The molecule has 0 heterocycles. The molecule has 0 N–H and O–H groups in total. The third-order valence-electron chi connectivity index (χ3n) is 10.8. The van der Waals surface area contributed by atoms with Gasteiger partial charge in [0, 0.05) is 0 Å². The van der Waals surface area contributed by atoms with Crippen LogP contribution < -0.4 is 5.69 Å². The maximum atomic E-state index is 18.3. The quantitative estimate of drug-likeness (QED) is 0.115. The molecule has 4 aromatic rings. The molecule has 23 heteroatoms. The molecule has 0 aromatic heterocycles. The molecule has 2 fully saturated rings. The first-order valence-electron chi connectivity index (χ1n) is 17.4. The van der Waals surface area contributed by atoms with Crippen molar-refractivity contribution in [1.82, 2.24) is 0 Å². The van der Waals surface area contributed by atoms with Crippen LogP contribution in [-0.4, -0.2) is 71.3 Å². The Morgan fingerprint density at radius 3 is 0.852 bits per heavy atom. The van der Waals surface area contributed by atoms with Crippen LogP contribution >= 0.6 is 0 Å². The van der Waals surface area contributed by atoms with Crippen molar-refractivity contribution in [2.75, 3.05) is 5.69 Å². The van der Waals surface area contributed by atoms with Crippen LogP contribution in [0.1, 0.15) is 11.1 Å². The van der Waals surface area contributed by atoms with Gasteiger partial charge in [-0.05, 0) is 0 Å². The van der Waals surface area contributed by atoms with Gasteiger partial charge in [0.05, 0.1) is 0 Å². The van der Waals surface area contributed by atoms with E-state index in [0.717, 1.165) is 72.8 Å². The first-order valence-corrected chi connectivity index (χ1v) is 23.1. The number of rotatable bonds is 10. The van der Waals surface area contributed by atoms with Gasteiger partial charge in [-0.15, -0.1) is 0 Å². The van der Waals surface area contributed by atoms with E-state index in [1.165, 1.54) is 0 Å². The minimum absolute atomic E-state index is 0.256. The molecule has 2 aliphatic rings. The van der Waals surface area contributed by atoms with Crippen LogP contribution in [0.3, 0.4) is 0 Å². The molecule has 6 rings (SSSR count). The summed E-state index contributed by atoms with van der Waals surface area (Å²) < 4.78 is 314. The first-order chi connectivity index (χ1) is 27.9. The molecule has 0 aliphatic heterocycles. The molecule has 0 amide bonds. The van der Waals surface area contributed by atoms with Gasteiger partial charge in [-0.2, -0.15) is 0 Å². The van der Waals surface area contributed by atoms with E-state index in [2.05, 4.69) is 0 Å². The molecule has 4 atom stereocenters. The van der Waals surface area contributed by atoms with Gasteiger partial charge >= 0.3 is 338 Å². The predicted octanol–water partition coefficient (Wildman–Crippen LogP) is 12.5. The van der Waals surface area contributed by atoms with Gasteiger partial charge in [0.1, 0.15) is 0 Å². The van der Waals surface area contributed by atoms with Crippen molar-refractivity contribution in [3.8, 4) is 0 Å². The Kier molecular flexibility index (Phi) is 11.0. The van der Waals surface area contributed by atoms with Crippen LogP contribution in [0.5, 0.6) is 0 Å². The van der Waals surface area contributed by atoms with Crippen LogP contribution in [0.2, 0.25) is 0 Å². The van der Waals surface area contributed by atoms with Crippen molar-refractivity contribution in [3.63, 3.8) is 0 Å². The van der Waals surface area contributed by atoms with Gasteiger partial charge in [-0.3, -0.25) is 0 Å². The van der Waals surface area contributed by atoms with Crippen molar-refractivity contribution in [2.45, 2.75) is 79.6 Å². The number of anilines is 2. The van der Waals surface area contributed by atoms with E-state index in [4.69, 9.17) is 0 Å². The minimum atomic E-state index is -8.63. The summed E-state index contributed by atoms with van der Waals surface area (Å²) in [6, 6.07) is 14.7. The van der Waals surface area contributed by atoms with E-state index in [1.807, 2.05) is 0 Å².